The van der Waals surface area contributed by atoms with Gasteiger partial charge in [0.05, 0.1) is 15.6 Å². The number of hydrogen-bond donors (Lipinski definition) is 1. The summed E-state index contributed by atoms with van der Waals surface area (Å²) in [5, 5.41) is 11.6. The standard InChI is InChI=1S/C18H24Cl2O/c1-17(21)8-10-18(11-9-17,13-4-2-3-5-13)14-6-7-15(19)16(20)12-14/h6-7,12-13,21H,2-5,8-11H2,1H3/t17-,18+. The molecule has 116 valence electrons. The van der Waals surface area contributed by atoms with E-state index < -0.39 is 5.60 Å². The van der Waals surface area contributed by atoms with Crippen molar-refractivity contribution >= 4 is 23.2 Å². The largest absolute Gasteiger partial charge is 0.390 e. The number of aliphatic hydroxyl groups is 1. The van der Waals surface area contributed by atoms with Crippen LogP contribution in [0.4, 0.5) is 0 Å². The van der Waals surface area contributed by atoms with Crippen molar-refractivity contribution in [2.75, 3.05) is 0 Å². The molecular formula is C18H24Cl2O. The lowest BCUT2D eigenvalue weighted by molar-refractivity contribution is -0.0118. The van der Waals surface area contributed by atoms with Gasteiger partial charge in [-0.2, -0.15) is 0 Å². The zero-order chi connectivity index (χ0) is 15.1. The van der Waals surface area contributed by atoms with Crippen LogP contribution in [0.1, 0.15) is 63.9 Å². The Morgan fingerprint density at radius 3 is 2.19 bits per heavy atom. The van der Waals surface area contributed by atoms with Crippen LogP contribution in [0.2, 0.25) is 10.0 Å². The van der Waals surface area contributed by atoms with Gasteiger partial charge >= 0.3 is 0 Å². The normalized spacial score (nSPS) is 34.3. The summed E-state index contributed by atoms with van der Waals surface area (Å²) in [6.07, 6.45) is 9.16. The molecule has 0 unspecified atom stereocenters. The molecular weight excluding hydrogens is 303 g/mol. The quantitative estimate of drug-likeness (QED) is 0.733. The molecule has 0 spiro atoms. The molecule has 3 heteroatoms. The highest BCUT2D eigenvalue weighted by atomic mass is 35.5. The predicted molar refractivity (Wildman–Crippen MR) is 89.2 cm³/mol. The smallest absolute Gasteiger partial charge is 0.0620 e. The lowest BCUT2D eigenvalue weighted by atomic mass is 9.59. The van der Waals surface area contributed by atoms with E-state index in [1.165, 1.54) is 31.2 Å². The maximum absolute atomic E-state index is 10.3. The summed E-state index contributed by atoms with van der Waals surface area (Å²) in [6, 6.07) is 6.16. The van der Waals surface area contributed by atoms with E-state index in [-0.39, 0.29) is 5.41 Å². The summed E-state index contributed by atoms with van der Waals surface area (Å²) in [7, 11) is 0. The minimum atomic E-state index is -0.502. The third kappa shape index (κ3) is 2.98. The minimum absolute atomic E-state index is 0.187. The van der Waals surface area contributed by atoms with E-state index in [0.29, 0.717) is 10.0 Å². The Bertz CT molecular complexity index is 508. The highest BCUT2D eigenvalue weighted by Crippen LogP contribution is 2.53. The summed E-state index contributed by atoms with van der Waals surface area (Å²) in [5.74, 6) is 0.728. The van der Waals surface area contributed by atoms with Crippen molar-refractivity contribution in [2.45, 2.75) is 69.3 Å². The van der Waals surface area contributed by atoms with Crippen molar-refractivity contribution in [3.8, 4) is 0 Å². The lowest BCUT2D eigenvalue weighted by Gasteiger charge is -2.47. The highest BCUT2D eigenvalue weighted by molar-refractivity contribution is 6.42. The topological polar surface area (TPSA) is 20.2 Å². The summed E-state index contributed by atoms with van der Waals surface area (Å²) < 4.78 is 0. The van der Waals surface area contributed by atoms with E-state index in [1.807, 2.05) is 13.0 Å². The van der Waals surface area contributed by atoms with Gasteiger partial charge in [-0.15, -0.1) is 0 Å². The molecule has 2 aliphatic carbocycles. The second-order valence-corrected chi connectivity index (χ2v) is 8.08. The molecule has 1 aromatic rings. The first-order chi connectivity index (χ1) is 9.93. The zero-order valence-electron chi connectivity index (χ0n) is 12.7. The first kappa shape index (κ1) is 15.6. The third-order valence-corrected chi connectivity index (χ3v) is 6.59. The van der Waals surface area contributed by atoms with E-state index in [9.17, 15) is 5.11 Å². The van der Waals surface area contributed by atoms with Crippen molar-refractivity contribution in [3.05, 3.63) is 33.8 Å². The van der Waals surface area contributed by atoms with Crippen LogP contribution in [0.5, 0.6) is 0 Å². The monoisotopic (exact) mass is 326 g/mol. The number of rotatable bonds is 2. The Hall–Kier alpha value is -0.240. The molecule has 1 N–H and O–H groups in total. The minimum Gasteiger partial charge on any atom is -0.390 e. The maximum atomic E-state index is 10.3. The van der Waals surface area contributed by atoms with E-state index in [2.05, 4.69) is 12.1 Å². The highest BCUT2D eigenvalue weighted by Gasteiger charge is 2.46. The predicted octanol–water partition coefficient (Wildman–Crippen LogP) is 5.75. The fourth-order valence-corrected chi connectivity index (χ4v) is 4.75. The van der Waals surface area contributed by atoms with E-state index in [4.69, 9.17) is 23.2 Å². The van der Waals surface area contributed by atoms with E-state index in [0.717, 1.165) is 31.6 Å². The third-order valence-electron chi connectivity index (χ3n) is 5.85. The molecule has 0 aromatic heterocycles. The molecule has 3 rings (SSSR count). The van der Waals surface area contributed by atoms with Crippen molar-refractivity contribution in [3.63, 3.8) is 0 Å². The van der Waals surface area contributed by atoms with Gasteiger partial charge in [-0.05, 0) is 74.5 Å². The zero-order valence-corrected chi connectivity index (χ0v) is 14.2. The van der Waals surface area contributed by atoms with Gasteiger partial charge in [0, 0.05) is 0 Å². The molecule has 1 nitrogen and oxygen atoms in total. The van der Waals surface area contributed by atoms with Gasteiger partial charge in [0.1, 0.15) is 0 Å². The second kappa shape index (κ2) is 5.76. The molecule has 0 atom stereocenters. The van der Waals surface area contributed by atoms with Crippen LogP contribution in [0, 0.1) is 5.92 Å². The molecule has 0 radical (unpaired) electrons. The van der Waals surface area contributed by atoms with Crippen LogP contribution in [0.15, 0.2) is 18.2 Å². The fourth-order valence-electron chi connectivity index (χ4n) is 4.45. The van der Waals surface area contributed by atoms with Crippen molar-refractivity contribution < 1.29 is 5.11 Å². The average molecular weight is 327 g/mol. The molecule has 0 heterocycles. The Morgan fingerprint density at radius 1 is 1.00 bits per heavy atom. The Morgan fingerprint density at radius 2 is 1.62 bits per heavy atom. The summed E-state index contributed by atoms with van der Waals surface area (Å²) in [4.78, 5) is 0. The van der Waals surface area contributed by atoms with E-state index in [1.54, 1.807) is 0 Å². The van der Waals surface area contributed by atoms with Gasteiger partial charge < -0.3 is 5.11 Å². The fraction of sp³-hybridized carbons (Fsp3) is 0.667. The van der Waals surface area contributed by atoms with Crippen molar-refractivity contribution in [1.82, 2.24) is 0 Å². The Balaban J connectivity index is 1.98. The number of halogens is 2. The molecule has 21 heavy (non-hydrogen) atoms. The van der Waals surface area contributed by atoms with Crippen molar-refractivity contribution in [2.24, 2.45) is 5.92 Å². The van der Waals surface area contributed by atoms with Crippen LogP contribution in [-0.4, -0.2) is 10.7 Å². The van der Waals surface area contributed by atoms with Crippen molar-refractivity contribution in [1.29, 1.82) is 0 Å². The van der Waals surface area contributed by atoms with Crippen LogP contribution in [0.25, 0.3) is 0 Å². The average Bonchev–Trinajstić information content (AvgIpc) is 2.97. The summed E-state index contributed by atoms with van der Waals surface area (Å²) >= 11 is 12.4. The molecule has 0 amide bonds. The molecule has 1 aromatic carbocycles. The van der Waals surface area contributed by atoms with Gasteiger partial charge in [-0.3, -0.25) is 0 Å². The van der Waals surface area contributed by atoms with Gasteiger partial charge in [0.25, 0.3) is 0 Å². The van der Waals surface area contributed by atoms with Gasteiger partial charge in [0.15, 0.2) is 0 Å². The Labute approximate surface area is 137 Å². The Kier molecular flexibility index (Phi) is 4.29. The molecule has 0 bridgehead atoms. The number of hydrogen-bond acceptors (Lipinski definition) is 1. The van der Waals surface area contributed by atoms with Gasteiger partial charge in [-0.1, -0.05) is 42.1 Å². The maximum Gasteiger partial charge on any atom is 0.0620 e. The number of benzene rings is 1. The first-order valence-electron chi connectivity index (χ1n) is 8.11. The first-order valence-corrected chi connectivity index (χ1v) is 8.86. The summed E-state index contributed by atoms with van der Waals surface area (Å²) in [5.41, 5.74) is 1.02. The SMILES string of the molecule is C[C@]1(O)CC[C@](c2ccc(Cl)c(Cl)c2)(C2CCCC2)CC1. The second-order valence-electron chi connectivity index (χ2n) is 7.26. The van der Waals surface area contributed by atoms with Gasteiger partial charge in [0.2, 0.25) is 0 Å². The molecule has 0 saturated heterocycles. The molecule has 0 aliphatic heterocycles. The van der Waals surface area contributed by atoms with Crippen LogP contribution in [-0.2, 0) is 5.41 Å². The molecule has 2 saturated carbocycles. The molecule has 2 fully saturated rings. The summed E-state index contributed by atoms with van der Waals surface area (Å²) in [6.45, 7) is 1.97. The van der Waals surface area contributed by atoms with Crippen LogP contribution < -0.4 is 0 Å². The van der Waals surface area contributed by atoms with Crippen LogP contribution >= 0.6 is 23.2 Å². The molecule has 2 aliphatic rings. The van der Waals surface area contributed by atoms with Gasteiger partial charge in [-0.25, -0.2) is 0 Å². The lowest BCUT2D eigenvalue weighted by Crippen LogP contribution is -2.43. The van der Waals surface area contributed by atoms with Crippen LogP contribution in [0.3, 0.4) is 0 Å². The van der Waals surface area contributed by atoms with E-state index >= 15 is 0 Å².